The van der Waals surface area contributed by atoms with Crippen LogP contribution in [0.2, 0.25) is 0 Å². The van der Waals surface area contributed by atoms with Crippen molar-refractivity contribution in [3.8, 4) is 11.5 Å². The van der Waals surface area contributed by atoms with Crippen molar-refractivity contribution in [2.75, 3.05) is 13.2 Å². The van der Waals surface area contributed by atoms with Crippen LogP contribution < -0.4 is 15.0 Å². The molecule has 4 nitrogen and oxygen atoms in total. The predicted octanol–water partition coefficient (Wildman–Crippen LogP) is 3.43. The first kappa shape index (κ1) is 14.6. The van der Waals surface area contributed by atoms with Gasteiger partial charge in [0, 0.05) is 20.5 Å². The largest absolute Gasteiger partial charge is 0.486 e. The number of aromatic nitrogens is 1. The number of benzene rings is 2. The number of pyridine rings is 1. The van der Waals surface area contributed by atoms with Crippen LogP contribution in [0.25, 0.3) is 10.8 Å². The zero-order valence-corrected chi connectivity index (χ0v) is 14.4. The van der Waals surface area contributed by atoms with Crippen LogP contribution in [0, 0.1) is 3.57 Å². The number of halogens is 1. The lowest BCUT2D eigenvalue weighted by molar-refractivity contribution is 0.171. The fraction of sp³-hybridized carbons (Fsp3) is 0.167. The molecule has 23 heavy (non-hydrogen) atoms. The van der Waals surface area contributed by atoms with Crippen LogP contribution in [0.15, 0.2) is 53.5 Å². The first-order valence-electron chi connectivity index (χ1n) is 7.38. The van der Waals surface area contributed by atoms with Crippen LogP contribution >= 0.6 is 22.6 Å². The molecule has 0 bridgehead atoms. The number of rotatable bonds is 2. The zero-order chi connectivity index (χ0) is 15.8. The minimum Gasteiger partial charge on any atom is -0.486 e. The molecule has 0 radical (unpaired) electrons. The number of nitrogens with zero attached hydrogens (tertiary/aromatic N) is 1. The molecule has 0 fully saturated rings. The molecule has 0 spiro atoms. The summed E-state index contributed by atoms with van der Waals surface area (Å²) in [6, 6.07) is 13.6. The molecule has 1 aliphatic rings. The maximum Gasteiger partial charge on any atom is 0.258 e. The van der Waals surface area contributed by atoms with Crippen molar-refractivity contribution in [2.24, 2.45) is 0 Å². The van der Waals surface area contributed by atoms with Gasteiger partial charge >= 0.3 is 0 Å². The summed E-state index contributed by atoms with van der Waals surface area (Å²) in [4.78, 5) is 12.7. The van der Waals surface area contributed by atoms with Crippen LogP contribution in [-0.2, 0) is 6.54 Å². The first-order valence-corrected chi connectivity index (χ1v) is 8.46. The number of ether oxygens (including phenoxy) is 2. The van der Waals surface area contributed by atoms with Crippen LogP contribution in [0.1, 0.15) is 5.56 Å². The quantitative estimate of drug-likeness (QED) is 0.598. The summed E-state index contributed by atoms with van der Waals surface area (Å²) in [6.07, 6.45) is 1.85. The second-order valence-corrected chi connectivity index (χ2v) is 6.59. The molecule has 3 aromatic rings. The second-order valence-electron chi connectivity index (χ2n) is 5.43. The van der Waals surface area contributed by atoms with Gasteiger partial charge < -0.3 is 14.0 Å². The van der Waals surface area contributed by atoms with E-state index in [1.54, 1.807) is 4.57 Å². The third-order valence-electron chi connectivity index (χ3n) is 3.92. The van der Waals surface area contributed by atoms with Crippen molar-refractivity contribution in [2.45, 2.75) is 6.54 Å². The summed E-state index contributed by atoms with van der Waals surface area (Å²) in [6.45, 7) is 1.65. The number of hydrogen-bond donors (Lipinski definition) is 0. The fourth-order valence-electron chi connectivity index (χ4n) is 2.79. The molecule has 0 N–H and O–H groups in total. The van der Waals surface area contributed by atoms with Gasteiger partial charge in [0.25, 0.3) is 5.56 Å². The molecule has 0 saturated heterocycles. The van der Waals surface area contributed by atoms with E-state index in [9.17, 15) is 4.79 Å². The van der Waals surface area contributed by atoms with Crippen LogP contribution in [0.3, 0.4) is 0 Å². The normalized spacial score (nSPS) is 13.3. The second kappa shape index (κ2) is 5.88. The van der Waals surface area contributed by atoms with E-state index in [1.807, 2.05) is 48.7 Å². The summed E-state index contributed by atoms with van der Waals surface area (Å²) in [5.74, 6) is 1.51. The highest BCUT2D eigenvalue weighted by atomic mass is 127. The van der Waals surface area contributed by atoms with Gasteiger partial charge in [0.15, 0.2) is 11.5 Å². The third-order valence-corrected chi connectivity index (χ3v) is 4.87. The van der Waals surface area contributed by atoms with Crippen LogP contribution in [0.4, 0.5) is 0 Å². The molecule has 2 heterocycles. The minimum absolute atomic E-state index is 0.0240. The molecule has 1 aromatic heterocycles. The first-order chi connectivity index (χ1) is 11.2. The maximum atomic E-state index is 12.7. The Bertz CT molecular complexity index is 949. The molecule has 5 heteroatoms. The lowest BCUT2D eigenvalue weighted by atomic mass is 10.1. The Labute approximate surface area is 146 Å². The molecule has 2 aromatic carbocycles. The van der Waals surface area contributed by atoms with Crippen molar-refractivity contribution in [3.05, 3.63) is 68.1 Å². The number of hydrogen-bond acceptors (Lipinski definition) is 3. The van der Waals surface area contributed by atoms with E-state index in [0.29, 0.717) is 19.8 Å². The molecule has 0 amide bonds. The highest BCUT2D eigenvalue weighted by Crippen LogP contribution is 2.30. The van der Waals surface area contributed by atoms with Gasteiger partial charge in [-0.15, -0.1) is 0 Å². The van der Waals surface area contributed by atoms with E-state index in [4.69, 9.17) is 9.47 Å². The van der Waals surface area contributed by atoms with E-state index in [-0.39, 0.29) is 5.56 Å². The molecule has 0 aliphatic carbocycles. The van der Waals surface area contributed by atoms with Gasteiger partial charge in [-0.2, -0.15) is 0 Å². The summed E-state index contributed by atoms with van der Waals surface area (Å²) in [7, 11) is 0. The molecule has 116 valence electrons. The van der Waals surface area contributed by atoms with Gasteiger partial charge in [0.2, 0.25) is 0 Å². The van der Waals surface area contributed by atoms with Crippen molar-refractivity contribution >= 4 is 33.4 Å². The predicted molar refractivity (Wildman–Crippen MR) is 97.5 cm³/mol. The zero-order valence-electron chi connectivity index (χ0n) is 12.3. The lowest BCUT2D eigenvalue weighted by Gasteiger charge is -2.19. The molecule has 0 saturated carbocycles. The average Bonchev–Trinajstić information content (AvgIpc) is 2.58. The Morgan fingerprint density at radius 2 is 1.83 bits per heavy atom. The highest BCUT2D eigenvalue weighted by Gasteiger charge is 2.12. The molecule has 0 atom stereocenters. The smallest absolute Gasteiger partial charge is 0.258 e. The van der Waals surface area contributed by atoms with Gasteiger partial charge in [-0.05, 0) is 58.5 Å². The van der Waals surface area contributed by atoms with Crippen molar-refractivity contribution in [1.29, 1.82) is 0 Å². The summed E-state index contributed by atoms with van der Waals surface area (Å²) >= 11 is 2.26. The SMILES string of the molecule is O=c1c2cccc(I)c2ccn1Cc1ccc2c(c1)OCCO2. The molecule has 1 aliphatic heterocycles. The Balaban J connectivity index is 1.73. The highest BCUT2D eigenvalue weighted by molar-refractivity contribution is 14.1. The number of fused-ring (bicyclic) bond motifs is 2. The van der Waals surface area contributed by atoms with Gasteiger partial charge in [0.1, 0.15) is 13.2 Å². The summed E-state index contributed by atoms with van der Waals surface area (Å²) in [5, 5.41) is 1.74. The van der Waals surface area contributed by atoms with E-state index in [1.165, 1.54) is 0 Å². The minimum atomic E-state index is 0.0240. The molecule has 0 unspecified atom stereocenters. The van der Waals surface area contributed by atoms with Crippen molar-refractivity contribution < 1.29 is 9.47 Å². The lowest BCUT2D eigenvalue weighted by Crippen LogP contribution is -2.20. The van der Waals surface area contributed by atoms with Gasteiger partial charge in [-0.25, -0.2) is 0 Å². The van der Waals surface area contributed by atoms with Crippen LogP contribution in [-0.4, -0.2) is 17.8 Å². The average molecular weight is 419 g/mol. The van der Waals surface area contributed by atoms with Gasteiger partial charge in [-0.3, -0.25) is 4.79 Å². The standard InChI is InChI=1S/C18H14INO3/c19-15-3-1-2-14-13(15)6-7-20(18(14)21)11-12-4-5-16-17(10-12)23-9-8-22-16/h1-7,10H,8-9,11H2. The van der Waals surface area contributed by atoms with Crippen molar-refractivity contribution in [3.63, 3.8) is 0 Å². The molecule has 4 rings (SSSR count). The Hall–Kier alpha value is -2.02. The molecular weight excluding hydrogens is 405 g/mol. The molecular formula is C18H14INO3. The van der Waals surface area contributed by atoms with E-state index in [2.05, 4.69) is 22.6 Å². The van der Waals surface area contributed by atoms with Gasteiger partial charge in [0.05, 0.1) is 6.54 Å². The van der Waals surface area contributed by atoms with E-state index >= 15 is 0 Å². The monoisotopic (exact) mass is 419 g/mol. The summed E-state index contributed by atoms with van der Waals surface area (Å²) in [5.41, 5.74) is 1.04. The van der Waals surface area contributed by atoms with Crippen LogP contribution in [0.5, 0.6) is 11.5 Å². The topological polar surface area (TPSA) is 40.5 Å². The van der Waals surface area contributed by atoms with Gasteiger partial charge in [-0.1, -0.05) is 12.1 Å². The third kappa shape index (κ3) is 2.69. The Morgan fingerprint density at radius 3 is 2.70 bits per heavy atom. The van der Waals surface area contributed by atoms with Crippen molar-refractivity contribution in [1.82, 2.24) is 4.57 Å². The Morgan fingerprint density at radius 1 is 1.00 bits per heavy atom. The van der Waals surface area contributed by atoms with E-state index in [0.717, 1.165) is 31.4 Å². The van der Waals surface area contributed by atoms with E-state index < -0.39 is 0 Å². The summed E-state index contributed by atoms with van der Waals surface area (Å²) < 4.78 is 13.9. The fourth-order valence-corrected chi connectivity index (χ4v) is 3.47. The maximum absolute atomic E-state index is 12.7. The Kier molecular flexibility index (Phi) is 3.72.